The summed E-state index contributed by atoms with van der Waals surface area (Å²) in [5, 5.41) is 12.5. The monoisotopic (exact) mass is 432 g/mol. The summed E-state index contributed by atoms with van der Waals surface area (Å²) >= 11 is 7.82. The number of anilines is 1. The van der Waals surface area contributed by atoms with Crippen molar-refractivity contribution >= 4 is 62.7 Å². The molecule has 9 heteroatoms. The van der Waals surface area contributed by atoms with E-state index < -0.39 is 0 Å². The molecule has 0 radical (unpaired) electrons. The molecule has 6 nitrogen and oxygen atoms in total. The van der Waals surface area contributed by atoms with Crippen molar-refractivity contribution in [3.8, 4) is 0 Å². The van der Waals surface area contributed by atoms with E-state index in [-0.39, 0.29) is 11.8 Å². The summed E-state index contributed by atoms with van der Waals surface area (Å²) in [5.41, 5.74) is 1.34. The van der Waals surface area contributed by atoms with Gasteiger partial charge in [-0.2, -0.15) is 0 Å². The molecule has 0 bridgehead atoms. The van der Waals surface area contributed by atoms with Crippen LogP contribution in [0.5, 0.6) is 0 Å². The van der Waals surface area contributed by atoms with Gasteiger partial charge in [-0.15, -0.1) is 10.2 Å². The van der Waals surface area contributed by atoms with Gasteiger partial charge in [-0.3, -0.25) is 19.8 Å². The smallest absolute Gasteiger partial charge is 0.265 e. The Bertz CT molecular complexity index is 933. The van der Waals surface area contributed by atoms with Gasteiger partial charge in [0.05, 0.1) is 4.91 Å². The molecule has 1 aliphatic heterocycles. The first kappa shape index (κ1) is 20.6. The van der Waals surface area contributed by atoms with Crippen molar-refractivity contribution in [1.82, 2.24) is 15.1 Å². The molecule has 0 spiro atoms. The van der Waals surface area contributed by atoms with Gasteiger partial charge in [-0.1, -0.05) is 61.3 Å². The summed E-state index contributed by atoms with van der Waals surface area (Å²) in [5.74, 6) is 0.0265. The lowest BCUT2D eigenvalue weighted by Gasteiger charge is -2.06. The van der Waals surface area contributed by atoms with Crippen molar-refractivity contribution in [2.45, 2.75) is 32.6 Å². The fourth-order valence-electron chi connectivity index (χ4n) is 2.68. The highest BCUT2D eigenvalue weighted by atomic mass is 32.2. The molecule has 0 unspecified atom stereocenters. The molecule has 1 saturated heterocycles. The maximum Gasteiger partial charge on any atom is 0.265 e. The zero-order valence-electron chi connectivity index (χ0n) is 15.8. The number of thiocarbonyl (C=S) groups is 1. The summed E-state index contributed by atoms with van der Waals surface area (Å²) in [6.07, 6.45) is 3.77. The van der Waals surface area contributed by atoms with E-state index in [9.17, 15) is 9.59 Å². The minimum atomic E-state index is -0.237. The maximum absolute atomic E-state index is 12.5. The summed E-state index contributed by atoms with van der Waals surface area (Å²) in [4.78, 5) is 26.5. The van der Waals surface area contributed by atoms with E-state index in [1.54, 1.807) is 37.4 Å². The van der Waals surface area contributed by atoms with Gasteiger partial charge in [0.15, 0.2) is 0 Å². The first-order chi connectivity index (χ1) is 13.4. The molecular weight excluding hydrogens is 412 g/mol. The predicted molar refractivity (Wildman–Crippen MR) is 119 cm³/mol. The number of nitrogens with zero attached hydrogens (tertiary/aromatic N) is 3. The first-order valence-electron chi connectivity index (χ1n) is 8.89. The Labute approximate surface area is 177 Å². The number of carbonyl (C=O) groups excluding carboxylic acids is 2. The molecule has 0 aliphatic carbocycles. The summed E-state index contributed by atoms with van der Waals surface area (Å²) in [6.45, 7) is 4.24. The average molecular weight is 433 g/mol. The van der Waals surface area contributed by atoms with Crippen LogP contribution in [0.25, 0.3) is 6.08 Å². The molecule has 1 N–H and O–H groups in total. The molecule has 1 aromatic carbocycles. The number of carbonyl (C=O) groups is 2. The van der Waals surface area contributed by atoms with Crippen LogP contribution in [0.3, 0.4) is 0 Å². The van der Waals surface area contributed by atoms with E-state index in [4.69, 9.17) is 12.2 Å². The second-order valence-electron chi connectivity index (χ2n) is 6.28. The van der Waals surface area contributed by atoms with Crippen LogP contribution in [0.1, 0.15) is 53.5 Å². The molecule has 2 amide bonds. The highest BCUT2D eigenvalue weighted by Crippen LogP contribution is 2.31. The predicted octanol–water partition coefficient (Wildman–Crippen LogP) is 4.53. The summed E-state index contributed by atoms with van der Waals surface area (Å²) in [7, 11) is 1.66. The molecule has 2 heterocycles. The van der Waals surface area contributed by atoms with Crippen LogP contribution in [0, 0.1) is 0 Å². The third-order valence-electron chi connectivity index (χ3n) is 4.45. The molecular formula is C19H20N4O2S3. The van der Waals surface area contributed by atoms with Crippen LogP contribution in [0.15, 0.2) is 29.2 Å². The number of hydrogen-bond acceptors (Lipinski definition) is 7. The largest absolute Gasteiger partial charge is 0.296 e. The number of thioether (sulfide) groups is 1. The van der Waals surface area contributed by atoms with Crippen molar-refractivity contribution < 1.29 is 9.59 Å². The molecule has 1 aromatic heterocycles. The quantitative estimate of drug-likeness (QED) is 0.534. The summed E-state index contributed by atoms with van der Waals surface area (Å²) in [6, 6.07) is 7.03. The Morgan fingerprint density at radius 3 is 2.50 bits per heavy atom. The number of likely N-dealkylation sites (N-methyl/N-ethyl adjacent to an activating group) is 1. The molecule has 28 heavy (non-hydrogen) atoms. The van der Waals surface area contributed by atoms with Crippen molar-refractivity contribution in [1.29, 1.82) is 0 Å². The zero-order valence-corrected chi connectivity index (χ0v) is 18.2. The Morgan fingerprint density at radius 1 is 1.25 bits per heavy atom. The number of amides is 2. The number of aromatic nitrogens is 2. The Morgan fingerprint density at radius 2 is 1.93 bits per heavy atom. The maximum atomic E-state index is 12.5. The lowest BCUT2D eigenvalue weighted by molar-refractivity contribution is -0.121. The van der Waals surface area contributed by atoms with E-state index >= 15 is 0 Å². The molecule has 0 atom stereocenters. The van der Waals surface area contributed by atoms with E-state index in [0.717, 1.165) is 23.4 Å². The Kier molecular flexibility index (Phi) is 6.58. The highest BCUT2D eigenvalue weighted by Gasteiger charge is 2.28. The van der Waals surface area contributed by atoms with E-state index in [1.165, 1.54) is 28.0 Å². The highest BCUT2D eigenvalue weighted by molar-refractivity contribution is 8.26. The standard InChI is InChI=1S/C19H20N4O2S3/c1-4-12(5-2)16-21-22-18(28-16)20-15(24)13-8-6-11(7-9-13)10-14-17(25)23(3)19(26)27-14/h6-10,12H,4-5H2,1-3H3,(H,20,22,24). The number of hydrogen-bond donors (Lipinski definition) is 1. The molecule has 0 saturated carbocycles. The van der Waals surface area contributed by atoms with Crippen LogP contribution in [0.2, 0.25) is 0 Å². The van der Waals surface area contributed by atoms with Crippen LogP contribution in [0.4, 0.5) is 5.13 Å². The van der Waals surface area contributed by atoms with Gasteiger partial charge in [0.1, 0.15) is 9.33 Å². The van der Waals surface area contributed by atoms with Crippen LogP contribution in [-0.4, -0.2) is 38.3 Å². The first-order valence-corrected chi connectivity index (χ1v) is 10.9. The van der Waals surface area contributed by atoms with Gasteiger partial charge < -0.3 is 0 Å². The zero-order chi connectivity index (χ0) is 20.3. The lowest BCUT2D eigenvalue weighted by atomic mass is 10.1. The Balaban J connectivity index is 1.67. The fraction of sp³-hybridized carbons (Fsp3) is 0.316. The van der Waals surface area contributed by atoms with Crippen LogP contribution >= 0.6 is 35.3 Å². The van der Waals surface area contributed by atoms with Crippen molar-refractivity contribution in [2.24, 2.45) is 0 Å². The van der Waals surface area contributed by atoms with E-state index in [1.807, 2.05) is 0 Å². The van der Waals surface area contributed by atoms with Gasteiger partial charge in [-0.05, 0) is 36.6 Å². The van der Waals surface area contributed by atoms with Gasteiger partial charge in [0, 0.05) is 18.5 Å². The Hall–Kier alpha value is -2.10. The number of benzene rings is 1. The molecule has 1 fully saturated rings. The topological polar surface area (TPSA) is 75.2 Å². The van der Waals surface area contributed by atoms with Crippen LogP contribution in [-0.2, 0) is 4.79 Å². The van der Waals surface area contributed by atoms with Gasteiger partial charge in [0.2, 0.25) is 5.13 Å². The van der Waals surface area contributed by atoms with Gasteiger partial charge >= 0.3 is 0 Å². The second kappa shape index (κ2) is 8.93. The molecule has 1 aliphatic rings. The molecule has 146 valence electrons. The van der Waals surface area contributed by atoms with Gasteiger partial charge in [-0.25, -0.2) is 0 Å². The fourth-order valence-corrected chi connectivity index (χ4v) is 4.87. The van der Waals surface area contributed by atoms with Crippen LogP contribution < -0.4 is 5.32 Å². The van der Waals surface area contributed by atoms with Crippen molar-refractivity contribution in [3.05, 3.63) is 45.3 Å². The normalized spacial score (nSPS) is 15.7. The average Bonchev–Trinajstić information content (AvgIpc) is 3.24. The summed E-state index contributed by atoms with van der Waals surface area (Å²) < 4.78 is 0.539. The SMILES string of the molecule is CCC(CC)c1nnc(NC(=O)c2ccc(C=C3SC(=S)N(C)C3=O)cc2)s1. The third-order valence-corrected chi connectivity index (χ3v) is 6.94. The molecule has 3 rings (SSSR count). The minimum absolute atomic E-state index is 0.110. The minimum Gasteiger partial charge on any atom is -0.296 e. The van der Waals surface area contributed by atoms with E-state index in [2.05, 4.69) is 29.4 Å². The second-order valence-corrected chi connectivity index (χ2v) is 8.96. The van der Waals surface area contributed by atoms with Crippen molar-refractivity contribution in [2.75, 3.05) is 12.4 Å². The molecule has 2 aromatic rings. The number of nitrogens with one attached hydrogen (secondary N) is 1. The third kappa shape index (κ3) is 4.48. The van der Waals surface area contributed by atoms with E-state index in [0.29, 0.717) is 25.8 Å². The number of rotatable bonds is 6. The lowest BCUT2D eigenvalue weighted by Crippen LogP contribution is -2.22. The van der Waals surface area contributed by atoms with Gasteiger partial charge in [0.25, 0.3) is 11.8 Å². The van der Waals surface area contributed by atoms with Crippen molar-refractivity contribution in [3.63, 3.8) is 0 Å².